The molecule has 4 rings (SSSR count). The van der Waals surface area contributed by atoms with Crippen molar-refractivity contribution in [2.75, 3.05) is 5.73 Å². The van der Waals surface area contributed by atoms with Crippen molar-refractivity contribution in [3.8, 4) is 0 Å². The Morgan fingerprint density at radius 1 is 1.03 bits per heavy atom. The number of nitrogens with two attached hydrogens (primary N) is 1. The molecule has 3 N–H and O–H groups in total. The fourth-order valence-electron chi connectivity index (χ4n) is 3.67. The molecule has 0 saturated carbocycles. The van der Waals surface area contributed by atoms with Crippen LogP contribution in [0.15, 0.2) is 48.8 Å². The Labute approximate surface area is 180 Å². The average molecular weight is 412 g/mol. The van der Waals surface area contributed by atoms with E-state index in [1.165, 1.54) is 0 Å². The summed E-state index contributed by atoms with van der Waals surface area (Å²) < 4.78 is 0. The highest BCUT2D eigenvalue weighted by molar-refractivity contribution is 5.92. The Balaban J connectivity index is 1.48. The topological polar surface area (TPSA) is 107 Å². The van der Waals surface area contributed by atoms with Gasteiger partial charge in [-0.05, 0) is 85.3 Å². The van der Waals surface area contributed by atoms with E-state index in [9.17, 15) is 4.79 Å². The molecule has 3 heterocycles. The molecule has 0 aliphatic rings. The second-order valence-corrected chi connectivity index (χ2v) is 7.78. The van der Waals surface area contributed by atoms with Crippen molar-refractivity contribution in [2.45, 2.75) is 33.7 Å². The van der Waals surface area contributed by atoms with Crippen LogP contribution in [0, 0.1) is 20.8 Å². The highest BCUT2D eigenvalue weighted by atomic mass is 16.1. The number of pyridine rings is 2. The third-order valence-corrected chi connectivity index (χ3v) is 5.23. The molecule has 0 spiro atoms. The summed E-state index contributed by atoms with van der Waals surface area (Å²) in [5, 5.41) is 12.0. The molecule has 31 heavy (non-hydrogen) atoms. The molecule has 0 fully saturated rings. The molecule has 0 aliphatic carbocycles. The smallest absolute Gasteiger partial charge is 0.272 e. The van der Waals surface area contributed by atoms with Crippen LogP contribution in [0.4, 0.5) is 5.82 Å². The summed E-state index contributed by atoms with van der Waals surface area (Å²) >= 11 is 0. The predicted octanol–water partition coefficient (Wildman–Crippen LogP) is 3.45. The van der Waals surface area contributed by atoms with Crippen molar-refractivity contribution in [1.29, 1.82) is 0 Å². The van der Waals surface area contributed by atoms with Crippen LogP contribution in [0.3, 0.4) is 0 Å². The molecule has 0 atom stereocenters. The van der Waals surface area contributed by atoms with E-state index in [1.807, 2.05) is 39.1 Å². The summed E-state index contributed by atoms with van der Waals surface area (Å²) in [6.07, 6.45) is 4.20. The maximum absolute atomic E-state index is 12.7. The van der Waals surface area contributed by atoms with Gasteiger partial charge in [0.1, 0.15) is 5.82 Å². The number of amides is 1. The SMILES string of the molecule is Cc1cnc2ccc(Cc3cnnc(C(=O)NCc4c(C)cc(N)nc4C)c3)cc2c1. The number of carbonyl (C=O) groups is 1. The number of aromatic nitrogens is 4. The first-order chi connectivity index (χ1) is 14.9. The van der Waals surface area contributed by atoms with Crippen LogP contribution in [0.5, 0.6) is 0 Å². The van der Waals surface area contributed by atoms with Gasteiger partial charge in [0.25, 0.3) is 5.91 Å². The van der Waals surface area contributed by atoms with Gasteiger partial charge in [-0.25, -0.2) is 4.98 Å². The van der Waals surface area contributed by atoms with Crippen LogP contribution in [-0.2, 0) is 13.0 Å². The fraction of sp³-hybridized carbons (Fsp3) is 0.208. The van der Waals surface area contributed by atoms with Crippen LogP contribution >= 0.6 is 0 Å². The Morgan fingerprint density at radius 3 is 2.68 bits per heavy atom. The number of rotatable bonds is 5. The molecule has 0 saturated heterocycles. The lowest BCUT2D eigenvalue weighted by atomic mass is 10.0. The summed E-state index contributed by atoms with van der Waals surface area (Å²) in [7, 11) is 0. The average Bonchev–Trinajstić information content (AvgIpc) is 2.72. The quantitative estimate of drug-likeness (QED) is 0.520. The first kappa shape index (κ1) is 20.4. The maximum Gasteiger partial charge on any atom is 0.272 e. The molecule has 7 nitrogen and oxygen atoms in total. The molecule has 0 unspecified atom stereocenters. The largest absolute Gasteiger partial charge is 0.384 e. The molecule has 7 heteroatoms. The van der Waals surface area contributed by atoms with Crippen molar-refractivity contribution >= 4 is 22.6 Å². The van der Waals surface area contributed by atoms with Gasteiger partial charge in [0.15, 0.2) is 5.69 Å². The summed E-state index contributed by atoms with van der Waals surface area (Å²) in [6, 6.07) is 11.9. The van der Waals surface area contributed by atoms with Crippen LogP contribution in [0.1, 0.15) is 44.0 Å². The normalized spacial score (nSPS) is 10.9. The minimum absolute atomic E-state index is 0.275. The molecule has 156 valence electrons. The standard InChI is InChI=1S/C24H24N6O/c1-14-6-19-9-17(4-5-21(19)26-11-14)8-18-10-22(30-28-12-18)24(31)27-13-20-15(2)7-23(25)29-16(20)3/h4-7,9-12H,8,13H2,1-3H3,(H2,25,29)(H,27,31). The number of nitrogens with zero attached hydrogens (tertiary/aromatic N) is 4. The molecule has 3 aromatic heterocycles. The number of nitrogens with one attached hydrogen (secondary N) is 1. The van der Waals surface area contributed by atoms with Gasteiger partial charge in [-0.1, -0.05) is 6.07 Å². The number of benzene rings is 1. The fourth-order valence-corrected chi connectivity index (χ4v) is 3.67. The highest BCUT2D eigenvalue weighted by Gasteiger charge is 2.12. The Hall–Kier alpha value is -3.87. The van der Waals surface area contributed by atoms with Crippen molar-refractivity contribution in [3.63, 3.8) is 0 Å². The van der Waals surface area contributed by atoms with Crippen molar-refractivity contribution < 1.29 is 4.79 Å². The van der Waals surface area contributed by atoms with E-state index in [2.05, 4.69) is 37.6 Å². The number of aryl methyl sites for hydroxylation is 3. The summed E-state index contributed by atoms with van der Waals surface area (Å²) in [6.45, 7) is 6.21. The van der Waals surface area contributed by atoms with Crippen molar-refractivity contribution in [2.24, 2.45) is 0 Å². The van der Waals surface area contributed by atoms with E-state index in [-0.39, 0.29) is 11.6 Å². The van der Waals surface area contributed by atoms with Crippen LogP contribution in [0.25, 0.3) is 10.9 Å². The van der Waals surface area contributed by atoms with Gasteiger partial charge in [0.05, 0.1) is 11.7 Å². The maximum atomic E-state index is 12.7. The number of hydrogen-bond acceptors (Lipinski definition) is 6. The first-order valence-electron chi connectivity index (χ1n) is 10.1. The van der Waals surface area contributed by atoms with Gasteiger partial charge in [-0.15, -0.1) is 5.10 Å². The van der Waals surface area contributed by atoms with E-state index in [1.54, 1.807) is 18.3 Å². The number of anilines is 1. The zero-order chi connectivity index (χ0) is 22.0. The summed E-state index contributed by atoms with van der Waals surface area (Å²) in [4.78, 5) is 21.4. The monoisotopic (exact) mass is 412 g/mol. The van der Waals surface area contributed by atoms with E-state index in [4.69, 9.17) is 5.73 Å². The molecule has 0 aliphatic heterocycles. The van der Waals surface area contributed by atoms with Crippen LogP contribution in [-0.4, -0.2) is 26.1 Å². The molecular formula is C24H24N6O. The third-order valence-electron chi connectivity index (χ3n) is 5.23. The number of carbonyl (C=O) groups excluding carboxylic acids is 1. The molecule has 4 aromatic rings. The zero-order valence-electron chi connectivity index (χ0n) is 17.8. The van der Waals surface area contributed by atoms with E-state index < -0.39 is 0 Å². The van der Waals surface area contributed by atoms with Gasteiger partial charge in [0, 0.05) is 23.8 Å². The van der Waals surface area contributed by atoms with Gasteiger partial charge < -0.3 is 11.1 Å². The lowest BCUT2D eigenvalue weighted by Crippen LogP contribution is -2.25. The number of fused-ring (bicyclic) bond motifs is 1. The van der Waals surface area contributed by atoms with Crippen LogP contribution < -0.4 is 11.1 Å². The van der Waals surface area contributed by atoms with Crippen molar-refractivity contribution in [3.05, 3.63) is 88.0 Å². The molecule has 1 aromatic carbocycles. The molecule has 0 radical (unpaired) electrons. The van der Waals surface area contributed by atoms with Gasteiger partial charge >= 0.3 is 0 Å². The van der Waals surface area contributed by atoms with Gasteiger partial charge in [-0.2, -0.15) is 5.10 Å². The minimum atomic E-state index is -0.275. The van der Waals surface area contributed by atoms with E-state index in [0.29, 0.717) is 18.8 Å². The number of hydrogen-bond donors (Lipinski definition) is 2. The van der Waals surface area contributed by atoms with Crippen molar-refractivity contribution in [1.82, 2.24) is 25.5 Å². The van der Waals surface area contributed by atoms with E-state index >= 15 is 0 Å². The summed E-state index contributed by atoms with van der Waals surface area (Å²) in [5.74, 6) is 0.201. The minimum Gasteiger partial charge on any atom is -0.384 e. The zero-order valence-corrected chi connectivity index (χ0v) is 17.8. The van der Waals surface area contributed by atoms with Gasteiger partial charge in [-0.3, -0.25) is 9.78 Å². The van der Waals surface area contributed by atoms with E-state index in [0.717, 1.165) is 44.4 Å². The lowest BCUT2D eigenvalue weighted by Gasteiger charge is -2.11. The Kier molecular flexibility index (Phi) is 5.58. The predicted molar refractivity (Wildman–Crippen MR) is 121 cm³/mol. The second-order valence-electron chi connectivity index (χ2n) is 7.78. The van der Waals surface area contributed by atoms with Crippen LogP contribution in [0.2, 0.25) is 0 Å². The molecule has 0 bridgehead atoms. The highest BCUT2D eigenvalue weighted by Crippen LogP contribution is 2.18. The Bertz CT molecular complexity index is 1260. The second kappa shape index (κ2) is 8.47. The molecule has 1 amide bonds. The third kappa shape index (κ3) is 4.66. The summed E-state index contributed by atoms with van der Waals surface area (Å²) in [5.41, 5.74) is 12.9. The van der Waals surface area contributed by atoms with Gasteiger partial charge in [0.2, 0.25) is 0 Å². The first-order valence-corrected chi connectivity index (χ1v) is 10.1. The lowest BCUT2D eigenvalue weighted by molar-refractivity contribution is 0.0944. The number of nitrogen functional groups attached to an aromatic ring is 1. The molecular weight excluding hydrogens is 388 g/mol. The Morgan fingerprint density at radius 2 is 1.87 bits per heavy atom.